The lowest BCUT2D eigenvalue weighted by Gasteiger charge is -2.41. The molecule has 1 N–H and O–H groups in total. The largest absolute Gasteiger partial charge is 0.377 e. The molecule has 2 aliphatic rings. The Balaban J connectivity index is 1.77. The topological polar surface area (TPSA) is 79.8 Å². The molecule has 2 aliphatic heterocycles. The van der Waals surface area contributed by atoms with E-state index in [-0.39, 0.29) is 5.91 Å². The van der Waals surface area contributed by atoms with Crippen LogP contribution in [0.4, 0.5) is 5.95 Å². The van der Waals surface area contributed by atoms with Crippen molar-refractivity contribution in [2.45, 2.75) is 12.5 Å². The molecule has 0 bridgehead atoms. The van der Waals surface area contributed by atoms with Crippen LogP contribution in [0, 0.1) is 6.92 Å². The molecule has 3 rings (SSSR count). The molecule has 8 heteroatoms. The van der Waals surface area contributed by atoms with Crippen molar-refractivity contribution in [3.05, 3.63) is 17.5 Å². The highest BCUT2D eigenvalue weighted by Gasteiger charge is 2.40. The smallest absolute Gasteiger partial charge is 0.257 e. The van der Waals surface area contributed by atoms with E-state index in [0.29, 0.717) is 56.7 Å². The molecule has 8 nitrogen and oxygen atoms in total. The zero-order valence-electron chi connectivity index (χ0n) is 14.5. The summed E-state index contributed by atoms with van der Waals surface area (Å²) in [5, 5.41) is 3.32. The third-order valence-electron chi connectivity index (χ3n) is 4.37. The number of hydrogen-bond donors (Lipinski definition) is 1. The maximum absolute atomic E-state index is 12.9. The molecule has 0 saturated carbocycles. The lowest BCUT2D eigenvalue weighted by Crippen LogP contribution is -2.59. The number of rotatable bonds is 2. The highest BCUT2D eigenvalue weighted by atomic mass is 16.5. The van der Waals surface area contributed by atoms with Crippen molar-refractivity contribution < 1.29 is 14.3 Å². The van der Waals surface area contributed by atoms with Gasteiger partial charge < -0.3 is 24.6 Å². The molecule has 3 heterocycles. The number of hydrogen-bond acceptors (Lipinski definition) is 7. The van der Waals surface area contributed by atoms with Crippen LogP contribution in [0.3, 0.4) is 0 Å². The second-order valence-corrected chi connectivity index (χ2v) is 6.55. The van der Waals surface area contributed by atoms with E-state index < -0.39 is 5.60 Å². The van der Waals surface area contributed by atoms with Crippen molar-refractivity contribution in [1.29, 1.82) is 0 Å². The van der Waals surface area contributed by atoms with Crippen LogP contribution in [0.2, 0.25) is 0 Å². The van der Waals surface area contributed by atoms with Gasteiger partial charge in [-0.25, -0.2) is 9.97 Å². The van der Waals surface area contributed by atoms with E-state index in [0.717, 1.165) is 6.54 Å². The zero-order chi connectivity index (χ0) is 17.2. The van der Waals surface area contributed by atoms with E-state index in [1.54, 1.807) is 6.20 Å². The van der Waals surface area contributed by atoms with E-state index in [1.165, 1.54) is 0 Å². The molecule has 1 spiro atoms. The number of anilines is 1. The lowest BCUT2D eigenvalue weighted by atomic mass is 10.0. The lowest BCUT2D eigenvalue weighted by molar-refractivity contribution is -0.125. The van der Waals surface area contributed by atoms with Gasteiger partial charge in [0.05, 0.1) is 37.6 Å². The normalized spacial score (nSPS) is 24.7. The van der Waals surface area contributed by atoms with Crippen LogP contribution in [0.25, 0.3) is 0 Å². The number of aromatic nitrogens is 2. The number of nitrogens with zero attached hydrogens (tertiary/aromatic N) is 4. The molecule has 0 aromatic carbocycles. The van der Waals surface area contributed by atoms with Crippen molar-refractivity contribution in [2.75, 3.05) is 65.0 Å². The first-order chi connectivity index (χ1) is 11.5. The SMILES string of the molecule is Cc1nc(N(C)C)ncc1C(=O)N1CCOC2(CNCCOC2)C1. The summed E-state index contributed by atoms with van der Waals surface area (Å²) in [4.78, 5) is 25.2. The van der Waals surface area contributed by atoms with Crippen molar-refractivity contribution in [1.82, 2.24) is 20.2 Å². The second-order valence-electron chi connectivity index (χ2n) is 6.55. The Kier molecular flexibility index (Phi) is 4.98. The maximum atomic E-state index is 12.9. The summed E-state index contributed by atoms with van der Waals surface area (Å²) in [6, 6.07) is 0. The number of ether oxygens (including phenoxy) is 2. The molecular formula is C16H25N5O3. The third kappa shape index (κ3) is 3.50. The fourth-order valence-electron chi connectivity index (χ4n) is 3.03. The van der Waals surface area contributed by atoms with Gasteiger partial charge in [-0.2, -0.15) is 0 Å². The van der Waals surface area contributed by atoms with E-state index in [4.69, 9.17) is 9.47 Å². The minimum atomic E-state index is -0.469. The van der Waals surface area contributed by atoms with Crippen LogP contribution in [0.1, 0.15) is 16.1 Å². The predicted molar refractivity (Wildman–Crippen MR) is 89.4 cm³/mol. The summed E-state index contributed by atoms with van der Waals surface area (Å²) in [5.74, 6) is 0.550. The van der Waals surface area contributed by atoms with Crippen LogP contribution < -0.4 is 10.2 Å². The van der Waals surface area contributed by atoms with E-state index in [1.807, 2.05) is 30.8 Å². The molecule has 1 aromatic rings. The standard InChI is InChI=1S/C16H25N5O3/c1-12-13(8-18-15(19-12)20(2)3)14(22)21-5-7-24-16(10-21)9-17-4-6-23-11-16/h8,17H,4-7,9-11H2,1-3H3. The van der Waals surface area contributed by atoms with Crippen LogP contribution in [0.15, 0.2) is 6.20 Å². The summed E-state index contributed by atoms with van der Waals surface area (Å²) in [5.41, 5.74) is 0.762. The molecular weight excluding hydrogens is 310 g/mol. The Morgan fingerprint density at radius 3 is 3.00 bits per heavy atom. The van der Waals surface area contributed by atoms with Crippen LogP contribution in [-0.2, 0) is 9.47 Å². The Morgan fingerprint density at radius 2 is 2.25 bits per heavy atom. The predicted octanol–water partition coefficient (Wildman–Crippen LogP) is -0.318. The Bertz CT molecular complexity index is 599. The Morgan fingerprint density at radius 1 is 1.42 bits per heavy atom. The third-order valence-corrected chi connectivity index (χ3v) is 4.37. The average molecular weight is 335 g/mol. The molecule has 0 aliphatic carbocycles. The van der Waals surface area contributed by atoms with Gasteiger partial charge in [-0.1, -0.05) is 0 Å². The van der Waals surface area contributed by atoms with Gasteiger partial charge >= 0.3 is 0 Å². The summed E-state index contributed by atoms with van der Waals surface area (Å²) in [6.45, 7) is 6.07. The van der Waals surface area contributed by atoms with E-state index in [9.17, 15) is 4.79 Å². The van der Waals surface area contributed by atoms with Crippen molar-refractivity contribution in [3.8, 4) is 0 Å². The van der Waals surface area contributed by atoms with Crippen LogP contribution in [0.5, 0.6) is 0 Å². The van der Waals surface area contributed by atoms with E-state index >= 15 is 0 Å². The Labute approximate surface area is 142 Å². The molecule has 2 fully saturated rings. The van der Waals surface area contributed by atoms with Gasteiger partial charge in [-0.15, -0.1) is 0 Å². The average Bonchev–Trinajstić information content (AvgIpc) is 2.79. The van der Waals surface area contributed by atoms with Gasteiger partial charge in [-0.3, -0.25) is 4.79 Å². The summed E-state index contributed by atoms with van der Waals surface area (Å²) < 4.78 is 11.6. The van der Waals surface area contributed by atoms with Crippen molar-refractivity contribution >= 4 is 11.9 Å². The zero-order valence-corrected chi connectivity index (χ0v) is 14.5. The minimum Gasteiger partial charge on any atom is -0.377 e. The fraction of sp³-hybridized carbons (Fsp3) is 0.688. The molecule has 24 heavy (non-hydrogen) atoms. The van der Waals surface area contributed by atoms with Gasteiger partial charge in [0, 0.05) is 39.9 Å². The Hall–Kier alpha value is -1.77. The van der Waals surface area contributed by atoms with Gasteiger partial charge in [0.25, 0.3) is 5.91 Å². The van der Waals surface area contributed by atoms with Gasteiger partial charge in [0.2, 0.25) is 5.95 Å². The quantitative estimate of drug-likeness (QED) is 0.793. The first-order valence-corrected chi connectivity index (χ1v) is 8.23. The molecule has 0 radical (unpaired) electrons. The number of carbonyl (C=O) groups excluding carboxylic acids is 1. The van der Waals surface area contributed by atoms with Crippen LogP contribution >= 0.6 is 0 Å². The highest BCUT2D eigenvalue weighted by Crippen LogP contribution is 2.22. The summed E-state index contributed by atoms with van der Waals surface area (Å²) in [6.07, 6.45) is 1.62. The first kappa shape index (κ1) is 17.1. The second kappa shape index (κ2) is 7.00. The fourth-order valence-corrected chi connectivity index (χ4v) is 3.03. The number of carbonyl (C=O) groups is 1. The van der Waals surface area contributed by atoms with Crippen LogP contribution in [-0.4, -0.2) is 86.5 Å². The number of aryl methyl sites for hydroxylation is 1. The molecule has 2 saturated heterocycles. The van der Waals surface area contributed by atoms with E-state index in [2.05, 4.69) is 15.3 Å². The molecule has 1 unspecified atom stereocenters. The molecule has 1 aromatic heterocycles. The van der Waals surface area contributed by atoms with Crippen molar-refractivity contribution in [2.24, 2.45) is 0 Å². The summed E-state index contributed by atoms with van der Waals surface area (Å²) >= 11 is 0. The monoisotopic (exact) mass is 335 g/mol. The molecule has 1 atom stereocenters. The van der Waals surface area contributed by atoms with Gasteiger partial charge in [0.15, 0.2) is 0 Å². The molecule has 132 valence electrons. The number of amides is 1. The highest BCUT2D eigenvalue weighted by molar-refractivity contribution is 5.95. The first-order valence-electron chi connectivity index (χ1n) is 8.23. The van der Waals surface area contributed by atoms with Crippen molar-refractivity contribution in [3.63, 3.8) is 0 Å². The number of nitrogens with one attached hydrogen (secondary N) is 1. The summed E-state index contributed by atoms with van der Waals surface area (Å²) in [7, 11) is 3.75. The van der Waals surface area contributed by atoms with Gasteiger partial charge in [-0.05, 0) is 6.92 Å². The maximum Gasteiger partial charge on any atom is 0.257 e. The number of morpholine rings is 1. The molecule has 1 amide bonds. The van der Waals surface area contributed by atoms with Gasteiger partial charge in [0.1, 0.15) is 5.60 Å². The minimum absolute atomic E-state index is 0.0512.